The molecule has 0 aromatic rings. The standard InChI is InChI=1S/C13H26N2O/c1-3-11(2)12(14)13(16)15-9-7-5-4-6-8-10-15/h11-12H,3-10,14H2,1-2H3/t11?,12-/m0/s1. The number of hydrogen-bond acceptors (Lipinski definition) is 2. The second kappa shape index (κ2) is 6.89. The largest absolute Gasteiger partial charge is 0.341 e. The van der Waals surface area contributed by atoms with Gasteiger partial charge < -0.3 is 10.6 Å². The zero-order chi connectivity index (χ0) is 12.0. The van der Waals surface area contributed by atoms with E-state index in [2.05, 4.69) is 13.8 Å². The van der Waals surface area contributed by atoms with Gasteiger partial charge in [-0.1, -0.05) is 39.5 Å². The van der Waals surface area contributed by atoms with Gasteiger partial charge >= 0.3 is 0 Å². The molecule has 0 aromatic carbocycles. The van der Waals surface area contributed by atoms with E-state index in [1.165, 1.54) is 19.3 Å². The van der Waals surface area contributed by atoms with E-state index >= 15 is 0 Å². The van der Waals surface area contributed by atoms with Crippen LogP contribution in [-0.4, -0.2) is 29.9 Å². The Labute approximate surface area is 99.4 Å². The van der Waals surface area contributed by atoms with Crippen molar-refractivity contribution in [2.45, 2.75) is 58.4 Å². The SMILES string of the molecule is CCC(C)[C@H](N)C(=O)N1CCCCCCC1. The summed E-state index contributed by atoms with van der Waals surface area (Å²) < 4.78 is 0. The lowest BCUT2D eigenvalue weighted by Crippen LogP contribution is -2.47. The quantitative estimate of drug-likeness (QED) is 0.801. The van der Waals surface area contributed by atoms with Crippen LogP contribution >= 0.6 is 0 Å². The van der Waals surface area contributed by atoms with Crippen LogP contribution in [0.5, 0.6) is 0 Å². The Morgan fingerprint density at radius 3 is 2.19 bits per heavy atom. The minimum Gasteiger partial charge on any atom is -0.341 e. The lowest BCUT2D eigenvalue weighted by atomic mass is 9.98. The maximum absolute atomic E-state index is 12.2. The summed E-state index contributed by atoms with van der Waals surface area (Å²) in [7, 11) is 0. The molecular formula is C13H26N2O. The first-order chi connectivity index (χ1) is 7.66. The van der Waals surface area contributed by atoms with Gasteiger partial charge in [-0.05, 0) is 18.8 Å². The minimum absolute atomic E-state index is 0.163. The number of likely N-dealkylation sites (tertiary alicyclic amines) is 1. The van der Waals surface area contributed by atoms with Gasteiger partial charge in [-0.25, -0.2) is 0 Å². The van der Waals surface area contributed by atoms with Crippen LogP contribution in [0.3, 0.4) is 0 Å². The molecule has 94 valence electrons. The molecule has 0 spiro atoms. The maximum atomic E-state index is 12.2. The molecular weight excluding hydrogens is 200 g/mol. The molecule has 1 aliphatic rings. The van der Waals surface area contributed by atoms with Crippen molar-refractivity contribution >= 4 is 5.91 Å². The Hall–Kier alpha value is -0.570. The van der Waals surface area contributed by atoms with Gasteiger partial charge in [-0.15, -0.1) is 0 Å². The topological polar surface area (TPSA) is 46.3 Å². The number of rotatable bonds is 3. The van der Waals surface area contributed by atoms with Gasteiger partial charge in [-0.3, -0.25) is 4.79 Å². The summed E-state index contributed by atoms with van der Waals surface area (Å²) >= 11 is 0. The fourth-order valence-corrected chi connectivity index (χ4v) is 2.18. The Balaban J connectivity index is 2.49. The summed E-state index contributed by atoms with van der Waals surface area (Å²) in [6, 6.07) is -0.301. The minimum atomic E-state index is -0.301. The van der Waals surface area contributed by atoms with Crippen molar-refractivity contribution in [3.8, 4) is 0 Å². The summed E-state index contributed by atoms with van der Waals surface area (Å²) in [5.74, 6) is 0.453. The fraction of sp³-hybridized carbons (Fsp3) is 0.923. The van der Waals surface area contributed by atoms with E-state index < -0.39 is 0 Å². The van der Waals surface area contributed by atoms with Crippen molar-refractivity contribution in [2.24, 2.45) is 11.7 Å². The van der Waals surface area contributed by atoms with Crippen LogP contribution in [0, 0.1) is 5.92 Å². The average Bonchev–Trinajstić information content (AvgIpc) is 2.26. The molecule has 0 bridgehead atoms. The first-order valence-corrected chi connectivity index (χ1v) is 6.71. The average molecular weight is 226 g/mol. The summed E-state index contributed by atoms with van der Waals surface area (Å²) in [5, 5.41) is 0. The molecule has 1 aliphatic heterocycles. The molecule has 1 amide bonds. The molecule has 1 heterocycles. The molecule has 0 saturated carbocycles. The van der Waals surface area contributed by atoms with Crippen molar-refractivity contribution in [3.63, 3.8) is 0 Å². The molecule has 3 heteroatoms. The number of nitrogens with zero attached hydrogens (tertiary/aromatic N) is 1. The molecule has 1 fully saturated rings. The second-order valence-electron chi connectivity index (χ2n) is 5.00. The lowest BCUT2D eigenvalue weighted by molar-refractivity contribution is -0.134. The number of amides is 1. The van der Waals surface area contributed by atoms with Crippen LogP contribution in [0.25, 0.3) is 0 Å². The molecule has 16 heavy (non-hydrogen) atoms. The van der Waals surface area contributed by atoms with Crippen molar-refractivity contribution in [1.29, 1.82) is 0 Å². The van der Waals surface area contributed by atoms with Crippen molar-refractivity contribution < 1.29 is 4.79 Å². The van der Waals surface area contributed by atoms with Gasteiger partial charge in [0.25, 0.3) is 0 Å². The monoisotopic (exact) mass is 226 g/mol. The molecule has 0 aliphatic carbocycles. The van der Waals surface area contributed by atoms with Crippen LogP contribution in [0.15, 0.2) is 0 Å². The van der Waals surface area contributed by atoms with Crippen molar-refractivity contribution in [2.75, 3.05) is 13.1 Å². The summed E-state index contributed by atoms with van der Waals surface area (Å²) in [5.41, 5.74) is 6.00. The zero-order valence-electron chi connectivity index (χ0n) is 10.7. The number of hydrogen-bond donors (Lipinski definition) is 1. The highest BCUT2D eigenvalue weighted by atomic mass is 16.2. The molecule has 0 radical (unpaired) electrons. The van der Waals surface area contributed by atoms with E-state index in [4.69, 9.17) is 5.73 Å². The number of nitrogens with two attached hydrogens (primary N) is 1. The predicted octanol–water partition coefficient (Wildman–Crippen LogP) is 2.15. The summed E-state index contributed by atoms with van der Waals surface area (Å²) in [4.78, 5) is 14.1. The Morgan fingerprint density at radius 2 is 1.69 bits per heavy atom. The third-order valence-electron chi connectivity index (χ3n) is 3.71. The fourth-order valence-electron chi connectivity index (χ4n) is 2.18. The van der Waals surface area contributed by atoms with Crippen LogP contribution in [0.4, 0.5) is 0 Å². The molecule has 0 aromatic heterocycles. The van der Waals surface area contributed by atoms with Gasteiger partial charge in [0.1, 0.15) is 0 Å². The molecule has 1 saturated heterocycles. The Kier molecular flexibility index (Phi) is 5.81. The second-order valence-corrected chi connectivity index (χ2v) is 5.00. The van der Waals surface area contributed by atoms with Gasteiger partial charge in [0.15, 0.2) is 0 Å². The molecule has 2 atom stereocenters. The van der Waals surface area contributed by atoms with Gasteiger partial charge in [0.05, 0.1) is 6.04 Å². The smallest absolute Gasteiger partial charge is 0.239 e. The predicted molar refractivity (Wildman–Crippen MR) is 67.1 cm³/mol. The van der Waals surface area contributed by atoms with Crippen molar-refractivity contribution in [3.05, 3.63) is 0 Å². The van der Waals surface area contributed by atoms with E-state index in [0.29, 0.717) is 0 Å². The first kappa shape index (κ1) is 13.5. The zero-order valence-corrected chi connectivity index (χ0v) is 10.7. The molecule has 1 unspecified atom stereocenters. The summed E-state index contributed by atoms with van der Waals surface area (Å²) in [6.45, 7) is 5.96. The highest BCUT2D eigenvalue weighted by molar-refractivity contribution is 5.81. The highest BCUT2D eigenvalue weighted by Crippen LogP contribution is 2.14. The third-order valence-corrected chi connectivity index (χ3v) is 3.71. The maximum Gasteiger partial charge on any atom is 0.239 e. The van der Waals surface area contributed by atoms with Crippen molar-refractivity contribution in [1.82, 2.24) is 4.90 Å². The van der Waals surface area contributed by atoms with Gasteiger partial charge in [-0.2, -0.15) is 0 Å². The van der Waals surface area contributed by atoms with Crippen LogP contribution in [-0.2, 0) is 4.79 Å². The molecule has 2 N–H and O–H groups in total. The Morgan fingerprint density at radius 1 is 1.19 bits per heavy atom. The van der Waals surface area contributed by atoms with E-state index in [0.717, 1.165) is 32.4 Å². The normalized spacial score (nSPS) is 22.1. The number of carbonyl (C=O) groups is 1. The van der Waals surface area contributed by atoms with Gasteiger partial charge in [0.2, 0.25) is 5.91 Å². The summed E-state index contributed by atoms with van der Waals surface area (Å²) in [6.07, 6.45) is 7.07. The van der Waals surface area contributed by atoms with Gasteiger partial charge in [0, 0.05) is 13.1 Å². The van der Waals surface area contributed by atoms with Crippen LogP contribution in [0.2, 0.25) is 0 Å². The highest BCUT2D eigenvalue weighted by Gasteiger charge is 2.24. The van der Waals surface area contributed by atoms with E-state index in [1.807, 2.05) is 4.90 Å². The van der Waals surface area contributed by atoms with E-state index in [1.54, 1.807) is 0 Å². The third kappa shape index (κ3) is 3.78. The van der Waals surface area contributed by atoms with Crippen LogP contribution in [0.1, 0.15) is 52.4 Å². The first-order valence-electron chi connectivity index (χ1n) is 6.71. The Bertz CT molecular complexity index is 210. The molecule has 1 rings (SSSR count). The molecule has 3 nitrogen and oxygen atoms in total. The lowest BCUT2D eigenvalue weighted by Gasteiger charge is -2.29. The van der Waals surface area contributed by atoms with Crippen LogP contribution < -0.4 is 5.73 Å². The number of carbonyl (C=O) groups excluding carboxylic acids is 1. The van der Waals surface area contributed by atoms with E-state index in [-0.39, 0.29) is 17.9 Å². The van der Waals surface area contributed by atoms with E-state index in [9.17, 15) is 4.79 Å².